The third-order valence-corrected chi connectivity index (χ3v) is 6.47. The lowest BCUT2D eigenvalue weighted by molar-refractivity contribution is -0.0508. The minimum Gasteiger partial charge on any atom is -0.434 e. The van der Waals surface area contributed by atoms with Gasteiger partial charge in [0.15, 0.2) is 5.69 Å². The lowest BCUT2D eigenvalue weighted by atomic mass is 10.0. The molecule has 3 heterocycles. The first kappa shape index (κ1) is 23.4. The smallest absolute Gasteiger partial charge is 0.387 e. The van der Waals surface area contributed by atoms with Gasteiger partial charge in [-0.25, -0.2) is 0 Å². The van der Waals surface area contributed by atoms with E-state index in [0.717, 1.165) is 23.4 Å². The van der Waals surface area contributed by atoms with Crippen LogP contribution in [0.5, 0.6) is 5.75 Å². The van der Waals surface area contributed by atoms with Crippen LogP contribution >= 0.6 is 0 Å². The van der Waals surface area contributed by atoms with Crippen LogP contribution in [0.15, 0.2) is 54.6 Å². The lowest BCUT2D eigenvalue weighted by Gasteiger charge is -2.29. The minimum absolute atomic E-state index is 0.0837. The van der Waals surface area contributed by atoms with Crippen LogP contribution in [0.2, 0.25) is 0 Å². The SMILES string of the molecule is O=C(c1nn(Cc2ccccc2)c2c1CN(Cc1ccccc1OC(F)F)CC2)N1CCOCC1. The van der Waals surface area contributed by atoms with Gasteiger partial charge in [-0.3, -0.25) is 14.4 Å². The summed E-state index contributed by atoms with van der Waals surface area (Å²) in [6.07, 6.45) is 0.712. The van der Waals surface area contributed by atoms with Crippen LogP contribution in [-0.2, 0) is 30.8 Å². The van der Waals surface area contributed by atoms with Crippen molar-refractivity contribution in [3.05, 3.63) is 82.7 Å². The van der Waals surface area contributed by atoms with Crippen LogP contribution in [-0.4, -0.2) is 64.9 Å². The number of ether oxygens (including phenoxy) is 2. The van der Waals surface area contributed by atoms with Crippen molar-refractivity contribution in [2.75, 3.05) is 32.8 Å². The Balaban J connectivity index is 1.42. The molecule has 0 saturated carbocycles. The minimum atomic E-state index is -2.88. The normalized spacial score (nSPS) is 16.4. The highest BCUT2D eigenvalue weighted by molar-refractivity contribution is 5.94. The van der Waals surface area contributed by atoms with Crippen LogP contribution in [0, 0.1) is 0 Å². The zero-order valence-electron chi connectivity index (χ0n) is 19.4. The second-order valence-electron chi connectivity index (χ2n) is 8.77. The maximum Gasteiger partial charge on any atom is 0.387 e. The molecule has 1 saturated heterocycles. The molecule has 35 heavy (non-hydrogen) atoms. The van der Waals surface area contributed by atoms with Gasteiger partial charge in [-0.05, 0) is 11.6 Å². The summed E-state index contributed by atoms with van der Waals surface area (Å²) in [5.41, 5.74) is 4.24. The topological polar surface area (TPSA) is 59.8 Å². The summed E-state index contributed by atoms with van der Waals surface area (Å²) in [5, 5.41) is 4.79. The monoisotopic (exact) mass is 482 g/mol. The molecule has 2 aromatic carbocycles. The molecule has 7 nitrogen and oxygen atoms in total. The van der Waals surface area contributed by atoms with Crippen molar-refractivity contribution in [1.29, 1.82) is 0 Å². The number of fused-ring (bicyclic) bond motifs is 1. The predicted molar refractivity (Wildman–Crippen MR) is 125 cm³/mol. The number of halogens is 2. The van der Waals surface area contributed by atoms with Crippen molar-refractivity contribution in [2.24, 2.45) is 0 Å². The summed E-state index contributed by atoms with van der Waals surface area (Å²) in [6.45, 7) is 1.51. The third kappa shape index (κ3) is 5.36. The van der Waals surface area contributed by atoms with Crippen LogP contribution in [0.1, 0.15) is 32.9 Å². The molecule has 0 bridgehead atoms. The van der Waals surface area contributed by atoms with E-state index in [1.54, 1.807) is 23.1 Å². The average Bonchev–Trinajstić information content (AvgIpc) is 3.23. The standard InChI is InChI=1S/C26H28F2N4O3/c27-26(28)35-23-9-5-4-8-20(23)17-30-11-10-22-21(18-30)24(25(33)31-12-14-34-15-13-31)29-32(22)16-19-6-2-1-3-7-19/h1-9,26H,10-18H2. The first-order valence-corrected chi connectivity index (χ1v) is 11.8. The number of hydrogen-bond acceptors (Lipinski definition) is 5. The van der Waals surface area contributed by atoms with E-state index in [1.165, 1.54) is 0 Å². The molecule has 184 valence electrons. The second-order valence-corrected chi connectivity index (χ2v) is 8.77. The lowest BCUT2D eigenvalue weighted by Crippen LogP contribution is -2.41. The number of nitrogens with zero attached hydrogens (tertiary/aromatic N) is 4. The maximum absolute atomic E-state index is 13.5. The predicted octanol–water partition coefficient (Wildman–Crippen LogP) is 3.56. The summed E-state index contributed by atoms with van der Waals surface area (Å²) in [7, 11) is 0. The van der Waals surface area contributed by atoms with Gasteiger partial charge in [0.1, 0.15) is 5.75 Å². The molecule has 0 radical (unpaired) electrons. The van der Waals surface area contributed by atoms with Crippen molar-refractivity contribution in [1.82, 2.24) is 19.6 Å². The Morgan fingerprint density at radius 3 is 2.51 bits per heavy atom. The summed E-state index contributed by atoms with van der Waals surface area (Å²) in [4.78, 5) is 17.4. The molecule has 0 aliphatic carbocycles. The molecular weight excluding hydrogens is 454 g/mol. The molecule has 5 rings (SSSR count). The van der Waals surface area contributed by atoms with Gasteiger partial charge in [-0.1, -0.05) is 48.5 Å². The molecular formula is C26H28F2N4O3. The van der Waals surface area contributed by atoms with Crippen LogP contribution in [0.25, 0.3) is 0 Å². The molecule has 1 aromatic heterocycles. The van der Waals surface area contributed by atoms with Crippen LogP contribution in [0.3, 0.4) is 0 Å². The maximum atomic E-state index is 13.5. The number of hydrogen-bond donors (Lipinski definition) is 0. The quantitative estimate of drug-likeness (QED) is 0.516. The number of carbonyl (C=O) groups excluding carboxylic acids is 1. The van der Waals surface area contributed by atoms with Gasteiger partial charge < -0.3 is 14.4 Å². The molecule has 1 fully saturated rings. The van der Waals surface area contributed by atoms with E-state index in [1.807, 2.05) is 41.1 Å². The highest BCUT2D eigenvalue weighted by atomic mass is 19.3. The van der Waals surface area contributed by atoms with E-state index >= 15 is 0 Å². The number of alkyl halides is 2. The fourth-order valence-corrected chi connectivity index (χ4v) is 4.74. The zero-order valence-corrected chi connectivity index (χ0v) is 19.4. The molecule has 0 unspecified atom stereocenters. The van der Waals surface area contributed by atoms with E-state index < -0.39 is 6.61 Å². The van der Waals surface area contributed by atoms with Crippen molar-refractivity contribution >= 4 is 5.91 Å². The number of benzene rings is 2. The molecule has 0 spiro atoms. The van der Waals surface area contributed by atoms with E-state index in [4.69, 9.17) is 14.6 Å². The summed E-state index contributed by atoms with van der Waals surface area (Å²) < 4.78 is 37.8. The molecule has 9 heteroatoms. The van der Waals surface area contributed by atoms with Crippen molar-refractivity contribution in [3.8, 4) is 5.75 Å². The van der Waals surface area contributed by atoms with Gasteiger partial charge in [0.05, 0.1) is 19.8 Å². The number of aromatic nitrogens is 2. The molecule has 2 aliphatic heterocycles. The van der Waals surface area contributed by atoms with Crippen molar-refractivity contribution < 1.29 is 23.0 Å². The number of morpholine rings is 1. The molecule has 1 amide bonds. The Morgan fingerprint density at radius 2 is 1.74 bits per heavy atom. The fraction of sp³-hybridized carbons (Fsp3) is 0.385. The highest BCUT2D eigenvalue weighted by Crippen LogP contribution is 2.28. The number of carbonyl (C=O) groups is 1. The van der Waals surface area contributed by atoms with E-state index in [2.05, 4.69) is 4.90 Å². The summed E-state index contributed by atoms with van der Waals surface area (Å²) in [5.74, 6) is 0.0948. The van der Waals surface area contributed by atoms with E-state index in [-0.39, 0.29) is 11.7 Å². The zero-order chi connectivity index (χ0) is 24.2. The molecule has 0 N–H and O–H groups in total. The summed E-state index contributed by atoms with van der Waals surface area (Å²) >= 11 is 0. The number of para-hydroxylation sites is 1. The van der Waals surface area contributed by atoms with Crippen molar-refractivity contribution in [3.63, 3.8) is 0 Å². The first-order chi connectivity index (χ1) is 17.1. The van der Waals surface area contributed by atoms with Gasteiger partial charge >= 0.3 is 6.61 Å². The van der Waals surface area contributed by atoms with Crippen molar-refractivity contribution in [2.45, 2.75) is 32.7 Å². The van der Waals surface area contributed by atoms with Crippen LogP contribution < -0.4 is 4.74 Å². The Kier molecular flexibility index (Phi) is 7.06. The molecule has 0 atom stereocenters. The average molecular weight is 483 g/mol. The second kappa shape index (κ2) is 10.5. The first-order valence-electron chi connectivity index (χ1n) is 11.8. The summed E-state index contributed by atoms with van der Waals surface area (Å²) in [6, 6.07) is 16.9. The molecule has 3 aromatic rings. The fourth-order valence-electron chi connectivity index (χ4n) is 4.74. The Hall–Kier alpha value is -3.30. The van der Waals surface area contributed by atoms with Gasteiger partial charge in [0, 0.05) is 56.0 Å². The van der Waals surface area contributed by atoms with Gasteiger partial charge in [-0.15, -0.1) is 0 Å². The van der Waals surface area contributed by atoms with Gasteiger partial charge in [-0.2, -0.15) is 13.9 Å². The highest BCUT2D eigenvalue weighted by Gasteiger charge is 2.31. The molecule has 2 aliphatic rings. The Morgan fingerprint density at radius 1 is 1.00 bits per heavy atom. The Bertz CT molecular complexity index is 1160. The number of rotatable bonds is 7. The van der Waals surface area contributed by atoms with Crippen LogP contribution in [0.4, 0.5) is 8.78 Å². The van der Waals surface area contributed by atoms with Gasteiger partial charge in [0.2, 0.25) is 0 Å². The largest absolute Gasteiger partial charge is 0.434 e. The van der Waals surface area contributed by atoms with E-state index in [9.17, 15) is 13.6 Å². The third-order valence-electron chi connectivity index (χ3n) is 6.47. The Labute approximate surface area is 202 Å². The van der Waals surface area contributed by atoms with Gasteiger partial charge in [0.25, 0.3) is 5.91 Å². The number of amides is 1. The van der Waals surface area contributed by atoms with E-state index in [0.29, 0.717) is 63.6 Å².